The van der Waals surface area contributed by atoms with E-state index in [0.717, 1.165) is 26.1 Å². The minimum atomic E-state index is 0.823. The molecular formula is C15H25N3. The van der Waals surface area contributed by atoms with Gasteiger partial charge in [0.05, 0.1) is 0 Å². The number of unbranched alkanes of at least 4 members (excludes halogenated alkanes) is 1. The molecular weight excluding hydrogens is 222 g/mol. The Morgan fingerprint density at radius 3 is 2.44 bits per heavy atom. The molecule has 0 radical (unpaired) electrons. The predicted octanol–water partition coefficient (Wildman–Crippen LogP) is 1.86. The minimum Gasteiger partial charge on any atom is -0.369 e. The Hall–Kier alpha value is -1.06. The molecule has 0 unspecified atom stereocenters. The van der Waals surface area contributed by atoms with E-state index in [9.17, 15) is 0 Å². The summed E-state index contributed by atoms with van der Waals surface area (Å²) in [5.74, 6) is 0. The van der Waals surface area contributed by atoms with Crippen molar-refractivity contribution in [2.75, 3.05) is 44.2 Å². The molecule has 1 aliphatic heterocycles. The summed E-state index contributed by atoms with van der Waals surface area (Å²) < 4.78 is 0. The number of nitrogens with two attached hydrogens (primary N) is 1. The lowest BCUT2D eigenvalue weighted by atomic mass is 10.1. The normalized spacial score (nSPS) is 17.1. The molecule has 1 aromatic rings. The molecule has 3 nitrogen and oxygen atoms in total. The molecule has 0 spiro atoms. The fourth-order valence-corrected chi connectivity index (χ4v) is 2.61. The summed E-state index contributed by atoms with van der Waals surface area (Å²) in [6.45, 7) is 8.88. The lowest BCUT2D eigenvalue weighted by Crippen LogP contribution is -2.46. The third-order valence-electron chi connectivity index (χ3n) is 3.76. The predicted molar refractivity (Wildman–Crippen MR) is 78.1 cm³/mol. The van der Waals surface area contributed by atoms with E-state index in [4.69, 9.17) is 5.73 Å². The van der Waals surface area contributed by atoms with Crippen LogP contribution in [0.25, 0.3) is 0 Å². The molecule has 0 saturated carbocycles. The van der Waals surface area contributed by atoms with E-state index in [1.807, 2.05) is 0 Å². The van der Waals surface area contributed by atoms with Crippen LogP contribution in [0.4, 0.5) is 5.69 Å². The van der Waals surface area contributed by atoms with Crippen LogP contribution in [0.3, 0.4) is 0 Å². The molecule has 0 bridgehead atoms. The van der Waals surface area contributed by atoms with Crippen molar-refractivity contribution in [3.63, 3.8) is 0 Å². The average molecular weight is 247 g/mol. The Labute approximate surface area is 111 Å². The lowest BCUT2D eigenvalue weighted by molar-refractivity contribution is 0.253. The largest absolute Gasteiger partial charge is 0.369 e. The lowest BCUT2D eigenvalue weighted by Gasteiger charge is -2.36. The smallest absolute Gasteiger partial charge is 0.0396 e. The fourth-order valence-electron chi connectivity index (χ4n) is 2.61. The molecule has 18 heavy (non-hydrogen) atoms. The molecule has 1 fully saturated rings. The first-order valence-electron chi connectivity index (χ1n) is 7.04. The van der Waals surface area contributed by atoms with Gasteiger partial charge in [-0.05, 0) is 44.5 Å². The van der Waals surface area contributed by atoms with Crippen LogP contribution in [0.2, 0.25) is 0 Å². The molecule has 2 N–H and O–H groups in total. The Balaban J connectivity index is 1.81. The standard InChI is InChI=1S/C15H25N3/c1-14-6-2-3-7-15(14)18-12-10-17(11-13-18)9-5-4-8-16/h2-3,6-7H,4-5,8-13,16H2,1H3. The van der Waals surface area contributed by atoms with E-state index in [-0.39, 0.29) is 0 Å². The summed E-state index contributed by atoms with van der Waals surface area (Å²) in [5.41, 5.74) is 8.32. The Kier molecular flexibility index (Phi) is 5.02. The molecule has 3 heteroatoms. The van der Waals surface area contributed by atoms with Crippen molar-refractivity contribution in [3.8, 4) is 0 Å². The maximum atomic E-state index is 5.53. The third-order valence-corrected chi connectivity index (χ3v) is 3.76. The summed E-state index contributed by atoms with van der Waals surface area (Å²) in [5, 5.41) is 0. The molecule has 0 aliphatic carbocycles. The molecule has 1 aromatic carbocycles. The molecule has 0 atom stereocenters. The number of nitrogens with zero attached hydrogens (tertiary/aromatic N) is 2. The first-order chi connectivity index (χ1) is 8.81. The number of hydrogen-bond acceptors (Lipinski definition) is 3. The van der Waals surface area contributed by atoms with Crippen LogP contribution in [0.1, 0.15) is 18.4 Å². The zero-order valence-corrected chi connectivity index (χ0v) is 11.4. The summed E-state index contributed by atoms with van der Waals surface area (Å²) in [4.78, 5) is 5.07. The highest BCUT2D eigenvalue weighted by Gasteiger charge is 2.17. The summed E-state index contributed by atoms with van der Waals surface area (Å²) in [7, 11) is 0. The summed E-state index contributed by atoms with van der Waals surface area (Å²) in [6.07, 6.45) is 2.39. The zero-order chi connectivity index (χ0) is 12.8. The van der Waals surface area contributed by atoms with Crippen molar-refractivity contribution in [1.29, 1.82) is 0 Å². The van der Waals surface area contributed by atoms with E-state index >= 15 is 0 Å². The van der Waals surface area contributed by atoms with E-state index in [1.165, 1.54) is 37.3 Å². The Morgan fingerprint density at radius 2 is 1.78 bits per heavy atom. The van der Waals surface area contributed by atoms with Gasteiger partial charge in [-0.25, -0.2) is 0 Å². The second-order valence-electron chi connectivity index (χ2n) is 5.11. The maximum absolute atomic E-state index is 5.53. The van der Waals surface area contributed by atoms with Gasteiger partial charge in [0.25, 0.3) is 0 Å². The van der Waals surface area contributed by atoms with Crippen molar-refractivity contribution in [2.45, 2.75) is 19.8 Å². The second-order valence-corrected chi connectivity index (χ2v) is 5.11. The number of hydrogen-bond donors (Lipinski definition) is 1. The van der Waals surface area contributed by atoms with Gasteiger partial charge in [0.15, 0.2) is 0 Å². The van der Waals surface area contributed by atoms with Gasteiger partial charge in [-0.15, -0.1) is 0 Å². The molecule has 1 aliphatic rings. The van der Waals surface area contributed by atoms with Crippen molar-refractivity contribution in [2.24, 2.45) is 5.73 Å². The third kappa shape index (κ3) is 3.47. The molecule has 1 saturated heterocycles. The Morgan fingerprint density at radius 1 is 1.06 bits per heavy atom. The van der Waals surface area contributed by atoms with Crippen molar-refractivity contribution < 1.29 is 0 Å². The van der Waals surface area contributed by atoms with E-state index in [2.05, 4.69) is 41.0 Å². The number of aryl methyl sites for hydroxylation is 1. The Bertz CT molecular complexity index is 357. The van der Waals surface area contributed by atoms with Crippen molar-refractivity contribution in [3.05, 3.63) is 29.8 Å². The number of anilines is 1. The molecule has 0 amide bonds. The highest BCUT2D eigenvalue weighted by Crippen LogP contribution is 2.20. The van der Waals surface area contributed by atoms with Gasteiger partial charge in [-0.3, -0.25) is 4.90 Å². The van der Waals surface area contributed by atoms with Crippen LogP contribution in [0, 0.1) is 6.92 Å². The molecule has 2 rings (SSSR count). The highest BCUT2D eigenvalue weighted by atomic mass is 15.3. The fraction of sp³-hybridized carbons (Fsp3) is 0.600. The average Bonchev–Trinajstić information content (AvgIpc) is 2.41. The van der Waals surface area contributed by atoms with Crippen LogP contribution in [-0.4, -0.2) is 44.2 Å². The first-order valence-corrected chi connectivity index (χ1v) is 7.04. The van der Waals surface area contributed by atoms with Gasteiger partial charge >= 0.3 is 0 Å². The topological polar surface area (TPSA) is 32.5 Å². The summed E-state index contributed by atoms with van der Waals surface area (Å²) >= 11 is 0. The monoisotopic (exact) mass is 247 g/mol. The molecule has 0 aromatic heterocycles. The zero-order valence-electron chi connectivity index (χ0n) is 11.4. The molecule has 100 valence electrons. The van der Waals surface area contributed by atoms with Gasteiger partial charge in [0.1, 0.15) is 0 Å². The van der Waals surface area contributed by atoms with Gasteiger partial charge in [0, 0.05) is 31.9 Å². The van der Waals surface area contributed by atoms with E-state index < -0.39 is 0 Å². The second kappa shape index (κ2) is 6.76. The van der Waals surface area contributed by atoms with Crippen molar-refractivity contribution in [1.82, 2.24) is 4.90 Å². The van der Waals surface area contributed by atoms with Crippen LogP contribution in [-0.2, 0) is 0 Å². The number of para-hydroxylation sites is 1. The number of rotatable bonds is 5. The van der Waals surface area contributed by atoms with Crippen LogP contribution in [0.5, 0.6) is 0 Å². The van der Waals surface area contributed by atoms with Gasteiger partial charge in [-0.1, -0.05) is 18.2 Å². The van der Waals surface area contributed by atoms with Gasteiger partial charge in [0.2, 0.25) is 0 Å². The van der Waals surface area contributed by atoms with Crippen LogP contribution >= 0.6 is 0 Å². The van der Waals surface area contributed by atoms with Gasteiger partial charge < -0.3 is 10.6 Å². The summed E-state index contributed by atoms with van der Waals surface area (Å²) in [6, 6.07) is 8.68. The first kappa shape index (κ1) is 13.4. The molecule has 1 heterocycles. The number of benzene rings is 1. The maximum Gasteiger partial charge on any atom is 0.0396 e. The highest BCUT2D eigenvalue weighted by molar-refractivity contribution is 5.53. The SMILES string of the molecule is Cc1ccccc1N1CCN(CCCCN)CC1. The van der Waals surface area contributed by atoms with Crippen molar-refractivity contribution >= 4 is 5.69 Å². The van der Waals surface area contributed by atoms with E-state index in [0.29, 0.717) is 0 Å². The van der Waals surface area contributed by atoms with Gasteiger partial charge in [-0.2, -0.15) is 0 Å². The van der Waals surface area contributed by atoms with Crippen LogP contribution < -0.4 is 10.6 Å². The number of piperazine rings is 1. The van der Waals surface area contributed by atoms with Crippen LogP contribution in [0.15, 0.2) is 24.3 Å². The quantitative estimate of drug-likeness (QED) is 0.806. The minimum absolute atomic E-state index is 0.823. The van der Waals surface area contributed by atoms with E-state index in [1.54, 1.807) is 0 Å².